The molecule has 1 heterocycles. The van der Waals surface area contributed by atoms with Crippen LogP contribution in [0.1, 0.15) is 36.5 Å². The third-order valence-corrected chi connectivity index (χ3v) is 5.65. The number of piperidine rings is 1. The minimum atomic E-state index is -4.36. The molecule has 1 fully saturated rings. The molecule has 3 rings (SSSR count). The lowest BCUT2D eigenvalue weighted by Crippen LogP contribution is -2.37. The van der Waals surface area contributed by atoms with Gasteiger partial charge in [-0.25, -0.2) is 4.99 Å². The van der Waals surface area contributed by atoms with E-state index in [1.807, 2.05) is 6.92 Å². The predicted molar refractivity (Wildman–Crippen MR) is 137 cm³/mol. The number of nitrogens with one attached hydrogen (secondary N) is 2. The Bertz CT molecular complexity index is 882. The first-order chi connectivity index (χ1) is 15.4. The van der Waals surface area contributed by atoms with E-state index in [9.17, 15) is 18.3 Å². The molecule has 182 valence electrons. The number of anilines is 1. The van der Waals surface area contributed by atoms with Gasteiger partial charge in [0.1, 0.15) is 0 Å². The normalized spacial score (nSPS) is 15.2. The van der Waals surface area contributed by atoms with E-state index in [1.165, 1.54) is 11.8 Å². The Morgan fingerprint density at radius 1 is 1.06 bits per heavy atom. The molecule has 2 aromatic carbocycles. The number of guanidine groups is 1. The third kappa shape index (κ3) is 8.37. The Morgan fingerprint density at radius 2 is 1.76 bits per heavy atom. The predicted octanol–water partition coefficient (Wildman–Crippen LogP) is 4.79. The highest BCUT2D eigenvalue weighted by molar-refractivity contribution is 14.0. The van der Waals surface area contributed by atoms with Gasteiger partial charge in [-0.15, -0.1) is 24.0 Å². The van der Waals surface area contributed by atoms with Crippen molar-refractivity contribution in [1.29, 1.82) is 0 Å². The van der Waals surface area contributed by atoms with E-state index in [0.717, 1.165) is 43.6 Å². The second kappa shape index (κ2) is 13.0. The molecule has 0 saturated carbocycles. The number of hydrogen-bond acceptors (Lipinski definition) is 3. The maximum atomic E-state index is 12.9. The van der Waals surface area contributed by atoms with Gasteiger partial charge >= 0.3 is 6.18 Å². The van der Waals surface area contributed by atoms with Crippen molar-refractivity contribution in [3.63, 3.8) is 0 Å². The van der Waals surface area contributed by atoms with Crippen molar-refractivity contribution in [2.24, 2.45) is 10.9 Å². The van der Waals surface area contributed by atoms with Crippen LogP contribution in [0, 0.1) is 5.92 Å². The second-order valence-corrected chi connectivity index (χ2v) is 8.03. The lowest BCUT2D eigenvalue weighted by atomic mass is 9.97. The van der Waals surface area contributed by atoms with Crippen molar-refractivity contribution in [1.82, 2.24) is 10.6 Å². The molecule has 0 atom stereocenters. The average molecular weight is 576 g/mol. The van der Waals surface area contributed by atoms with Crippen LogP contribution >= 0.6 is 24.0 Å². The molecule has 0 aliphatic carbocycles. The molecule has 0 spiro atoms. The molecule has 1 aliphatic rings. The zero-order valence-corrected chi connectivity index (χ0v) is 21.1. The molecule has 1 saturated heterocycles. The van der Waals surface area contributed by atoms with Gasteiger partial charge in [-0.05, 0) is 61.1 Å². The Morgan fingerprint density at radius 3 is 2.36 bits per heavy atom. The van der Waals surface area contributed by atoms with Crippen molar-refractivity contribution in [2.75, 3.05) is 31.1 Å². The highest BCUT2D eigenvalue weighted by Gasteiger charge is 2.30. The quantitative estimate of drug-likeness (QED) is 0.252. The zero-order valence-electron chi connectivity index (χ0n) is 18.7. The van der Waals surface area contributed by atoms with Gasteiger partial charge in [0, 0.05) is 38.5 Å². The van der Waals surface area contributed by atoms with Gasteiger partial charge in [-0.2, -0.15) is 13.2 Å². The highest BCUT2D eigenvalue weighted by atomic mass is 127. The Labute approximate surface area is 210 Å². The number of aliphatic hydroxyl groups excluding tert-OH is 1. The first-order valence-electron chi connectivity index (χ1n) is 11.0. The molecule has 0 unspecified atom stereocenters. The minimum Gasteiger partial charge on any atom is -0.396 e. The largest absolute Gasteiger partial charge is 0.416 e. The van der Waals surface area contributed by atoms with Crippen LogP contribution in [0.25, 0.3) is 0 Å². The van der Waals surface area contributed by atoms with Crippen LogP contribution < -0.4 is 15.5 Å². The maximum absolute atomic E-state index is 12.9. The van der Waals surface area contributed by atoms with E-state index in [2.05, 4.69) is 44.8 Å². The standard InChI is InChI=1S/C24H31F3N4O.HI/c1-2-28-23(30-16-20-4-3-5-21(14-20)24(25,26)27)29-15-18-6-8-22(9-7-18)31-12-10-19(17-32)11-13-31;/h3-9,14,19,32H,2,10-13,15-17H2,1H3,(H2,28,29,30);1H. The van der Waals surface area contributed by atoms with E-state index in [0.29, 0.717) is 30.5 Å². The van der Waals surface area contributed by atoms with Gasteiger partial charge in [-0.1, -0.05) is 24.3 Å². The molecule has 9 heteroatoms. The molecular formula is C24H32F3IN4O. The second-order valence-electron chi connectivity index (χ2n) is 8.03. The van der Waals surface area contributed by atoms with E-state index in [4.69, 9.17) is 0 Å². The Kier molecular flexibility index (Phi) is 10.7. The highest BCUT2D eigenvalue weighted by Crippen LogP contribution is 2.29. The summed E-state index contributed by atoms with van der Waals surface area (Å²) in [4.78, 5) is 6.76. The van der Waals surface area contributed by atoms with Gasteiger partial charge < -0.3 is 20.6 Å². The summed E-state index contributed by atoms with van der Waals surface area (Å²) in [5, 5.41) is 15.7. The van der Waals surface area contributed by atoms with Crippen LogP contribution in [0.2, 0.25) is 0 Å². The number of aliphatic imine (C=N–C) groups is 1. The summed E-state index contributed by atoms with van der Waals surface area (Å²) in [5.41, 5.74) is 2.11. The van der Waals surface area contributed by atoms with Crippen molar-refractivity contribution >= 4 is 35.6 Å². The van der Waals surface area contributed by atoms with Crippen LogP contribution in [-0.4, -0.2) is 37.3 Å². The number of nitrogens with zero attached hydrogens (tertiary/aromatic N) is 2. The SMILES string of the molecule is CCNC(=NCc1cccc(C(F)(F)F)c1)NCc1ccc(N2CCC(CO)CC2)cc1.I. The number of benzene rings is 2. The fourth-order valence-electron chi connectivity index (χ4n) is 3.74. The van der Waals surface area contributed by atoms with Crippen LogP contribution in [-0.2, 0) is 19.3 Å². The topological polar surface area (TPSA) is 59.9 Å². The number of rotatable bonds is 7. The zero-order chi connectivity index (χ0) is 23.0. The van der Waals surface area contributed by atoms with Crippen molar-refractivity contribution in [2.45, 2.75) is 39.0 Å². The van der Waals surface area contributed by atoms with Crippen LogP contribution in [0.3, 0.4) is 0 Å². The molecule has 0 radical (unpaired) electrons. The van der Waals surface area contributed by atoms with Crippen molar-refractivity contribution < 1.29 is 18.3 Å². The van der Waals surface area contributed by atoms with Gasteiger partial charge in [0.15, 0.2) is 5.96 Å². The van der Waals surface area contributed by atoms with Crippen LogP contribution in [0.5, 0.6) is 0 Å². The number of hydrogen-bond donors (Lipinski definition) is 3. The molecule has 33 heavy (non-hydrogen) atoms. The lowest BCUT2D eigenvalue weighted by molar-refractivity contribution is -0.137. The van der Waals surface area contributed by atoms with Gasteiger partial charge in [0.2, 0.25) is 0 Å². The molecule has 0 bridgehead atoms. The van der Waals surface area contributed by atoms with Crippen molar-refractivity contribution in [3.8, 4) is 0 Å². The summed E-state index contributed by atoms with van der Waals surface area (Å²) in [7, 11) is 0. The van der Waals surface area contributed by atoms with Gasteiger partial charge in [0.05, 0.1) is 12.1 Å². The van der Waals surface area contributed by atoms with E-state index < -0.39 is 11.7 Å². The molecule has 5 nitrogen and oxygen atoms in total. The van der Waals surface area contributed by atoms with Gasteiger partial charge in [-0.3, -0.25) is 0 Å². The number of halogens is 4. The molecular weight excluding hydrogens is 544 g/mol. The molecule has 3 N–H and O–H groups in total. The van der Waals surface area contributed by atoms with Crippen LogP contribution in [0.4, 0.5) is 18.9 Å². The first kappa shape index (κ1) is 27.2. The summed E-state index contributed by atoms with van der Waals surface area (Å²) >= 11 is 0. The van der Waals surface area contributed by atoms with E-state index in [-0.39, 0.29) is 37.1 Å². The Hall–Kier alpha value is -2.01. The van der Waals surface area contributed by atoms with Gasteiger partial charge in [0.25, 0.3) is 0 Å². The molecule has 0 aromatic heterocycles. The summed E-state index contributed by atoms with van der Waals surface area (Å²) < 4.78 is 38.7. The summed E-state index contributed by atoms with van der Waals surface area (Å²) in [5.74, 6) is 0.967. The lowest BCUT2D eigenvalue weighted by Gasteiger charge is -2.33. The fraction of sp³-hybridized carbons (Fsp3) is 0.458. The smallest absolute Gasteiger partial charge is 0.396 e. The number of aliphatic hydroxyl groups is 1. The molecule has 1 aliphatic heterocycles. The average Bonchev–Trinajstić information content (AvgIpc) is 2.81. The van der Waals surface area contributed by atoms with E-state index >= 15 is 0 Å². The number of alkyl halides is 3. The van der Waals surface area contributed by atoms with Crippen LogP contribution in [0.15, 0.2) is 53.5 Å². The molecule has 2 aromatic rings. The van der Waals surface area contributed by atoms with Crippen molar-refractivity contribution in [3.05, 3.63) is 65.2 Å². The molecule has 0 amide bonds. The Balaban J connectivity index is 0.00000385. The first-order valence-corrected chi connectivity index (χ1v) is 11.0. The maximum Gasteiger partial charge on any atom is 0.416 e. The summed E-state index contributed by atoms with van der Waals surface area (Å²) in [6, 6.07) is 13.6. The minimum absolute atomic E-state index is 0. The fourth-order valence-corrected chi connectivity index (χ4v) is 3.74. The summed E-state index contributed by atoms with van der Waals surface area (Å²) in [6.07, 6.45) is -2.34. The monoisotopic (exact) mass is 576 g/mol. The third-order valence-electron chi connectivity index (χ3n) is 5.65. The summed E-state index contributed by atoms with van der Waals surface area (Å²) in [6.45, 7) is 5.48. The van der Waals surface area contributed by atoms with E-state index in [1.54, 1.807) is 6.07 Å².